The molecule has 6 heteroatoms. The van der Waals surface area contributed by atoms with E-state index < -0.39 is 6.04 Å². The summed E-state index contributed by atoms with van der Waals surface area (Å²) in [5.74, 6) is 2.37. The smallest absolute Gasteiger partial charge is 0.274 e. The molecule has 2 amide bonds. The predicted octanol–water partition coefficient (Wildman–Crippen LogP) is 2.51. The molecule has 6 nitrogen and oxygen atoms in total. The molecule has 0 spiro atoms. The lowest BCUT2D eigenvalue weighted by atomic mass is 9.82. The molecular weight excluding hydrogens is 364 g/mol. The Hall–Kier alpha value is -2.11. The van der Waals surface area contributed by atoms with E-state index in [-0.39, 0.29) is 17.7 Å². The van der Waals surface area contributed by atoms with Crippen LogP contribution in [-0.4, -0.2) is 48.9 Å². The van der Waals surface area contributed by atoms with E-state index in [2.05, 4.69) is 42.0 Å². The van der Waals surface area contributed by atoms with E-state index in [0.717, 1.165) is 44.6 Å². The molecule has 1 atom stereocenters. The molecule has 1 aromatic heterocycles. The first-order valence-electron chi connectivity index (χ1n) is 11.2. The van der Waals surface area contributed by atoms with Crippen molar-refractivity contribution < 1.29 is 14.6 Å². The number of amides is 2. The fourth-order valence-electron chi connectivity index (χ4n) is 4.47. The van der Waals surface area contributed by atoms with Crippen LogP contribution >= 0.6 is 0 Å². The molecule has 3 rings (SSSR count). The van der Waals surface area contributed by atoms with Crippen molar-refractivity contribution in [3.63, 3.8) is 0 Å². The van der Waals surface area contributed by atoms with Crippen molar-refractivity contribution in [2.24, 2.45) is 17.8 Å². The van der Waals surface area contributed by atoms with E-state index in [1.807, 2.05) is 23.2 Å². The van der Waals surface area contributed by atoms with Gasteiger partial charge in [0, 0.05) is 12.0 Å². The third kappa shape index (κ3) is 5.94. The molecule has 1 saturated carbocycles. The van der Waals surface area contributed by atoms with Crippen LogP contribution in [0, 0.1) is 17.8 Å². The van der Waals surface area contributed by atoms with E-state index in [0.29, 0.717) is 31.3 Å². The zero-order valence-corrected chi connectivity index (χ0v) is 18.2. The molecule has 0 aromatic carbocycles. The number of hydrogen-bond donors (Lipinski definition) is 1. The number of aromatic amines is 1. The molecule has 0 radical (unpaired) electrons. The van der Waals surface area contributed by atoms with Crippen molar-refractivity contribution in [3.05, 3.63) is 24.4 Å². The van der Waals surface area contributed by atoms with Gasteiger partial charge >= 0.3 is 0 Å². The second-order valence-electron chi connectivity index (χ2n) is 9.21. The first kappa shape index (κ1) is 21.6. The van der Waals surface area contributed by atoms with Crippen LogP contribution in [0.4, 0.5) is 5.82 Å². The first-order chi connectivity index (χ1) is 13.9. The number of nitrogens with zero attached hydrogens (tertiary/aromatic N) is 2. The highest BCUT2D eigenvalue weighted by molar-refractivity contribution is 5.88. The number of rotatable bonds is 6. The van der Waals surface area contributed by atoms with Crippen LogP contribution in [0.1, 0.15) is 52.9 Å². The van der Waals surface area contributed by atoms with Gasteiger partial charge in [0.2, 0.25) is 11.8 Å². The number of carbonyl (C=O) groups excluding carboxylic acids is 2. The molecule has 29 heavy (non-hydrogen) atoms. The Balaban J connectivity index is 1.57. The summed E-state index contributed by atoms with van der Waals surface area (Å²) in [6.07, 6.45) is 6.73. The first-order valence-corrected chi connectivity index (χ1v) is 11.2. The van der Waals surface area contributed by atoms with Gasteiger partial charge in [0.05, 0.1) is 19.3 Å². The lowest BCUT2D eigenvalue weighted by Gasteiger charge is -2.34. The number of aromatic nitrogens is 1. The maximum atomic E-state index is 13.2. The Morgan fingerprint density at radius 2 is 1.79 bits per heavy atom. The molecule has 1 saturated heterocycles. The standard InChI is InChI=1S/C23H36N4O2/c1-17(2)16-20(25-22(28)19-9-7-18(3)8-10-19)23(29)27-14-12-26(13-15-27)21-6-4-5-11-24-21/h4-6,11,17-20H,7-10,12-16H2,1-3H3,(H,25,28)/p+1/t18?,19?,20-/m0/s1. The topological polar surface area (TPSA) is 66.8 Å². The fourth-order valence-corrected chi connectivity index (χ4v) is 4.47. The van der Waals surface area contributed by atoms with Crippen molar-refractivity contribution in [1.29, 1.82) is 0 Å². The van der Waals surface area contributed by atoms with Crippen LogP contribution in [0.2, 0.25) is 0 Å². The maximum absolute atomic E-state index is 13.2. The number of anilines is 1. The summed E-state index contributed by atoms with van der Waals surface area (Å²) < 4.78 is 0. The van der Waals surface area contributed by atoms with Crippen molar-refractivity contribution in [1.82, 2.24) is 10.2 Å². The summed E-state index contributed by atoms with van der Waals surface area (Å²) in [7, 11) is 0. The van der Waals surface area contributed by atoms with Gasteiger partial charge in [-0.25, -0.2) is 4.98 Å². The summed E-state index contributed by atoms with van der Waals surface area (Å²) in [6.45, 7) is 9.45. The van der Waals surface area contributed by atoms with Crippen LogP contribution in [0.15, 0.2) is 24.4 Å². The summed E-state index contributed by atoms with van der Waals surface area (Å²) in [4.78, 5) is 33.5. The van der Waals surface area contributed by atoms with Crippen LogP contribution < -0.4 is 15.2 Å². The van der Waals surface area contributed by atoms with Gasteiger partial charge in [-0.2, -0.15) is 0 Å². The molecule has 0 bridgehead atoms. The third-order valence-electron chi connectivity index (χ3n) is 6.33. The lowest BCUT2D eigenvalue weighted by Crippen LogP contribution is -2.56. The minimum absolute atomic E-state index is 0.0686. The zero-order chi connectivity index (χ0) is 20.8. The second-order valence-corrected chi connectivity index (χ2v) is 9.21. The number of pyridine rings is 1. The van der Waals surface area contributed by atoms with Crippen molar-refractivity contribution in [3.8, 4) is 0 Å². The van der Waals surface area contributed by atoms with Crippen molar-refractivity contribution in [2.75, 3.05) is 31.1 Å². The normalized spacial score (nSPS) is 23.7. The van der Waals surface area contributed by atoms with Crippen molar-refractivity contribution in [2.45, 2.75) is 58.9 Å². The number of nitrogens with one attached hydrogen (secondary N) is 2. The van der Waals surface area contributed by atoms with Crippen LogP contribution in [0.5, 0.6) is 0 Å². The van der Waals surface area contributed by atoms with Gasteiger partial charge in [-0.1, -0.05) is 26.8 Å². The van der Waals surface area contributed by atoms with Gasteiger partial charge in [-0.15, -0.1) is 0 Å². The molecule has 2 N–H and O–H groups in total. The van der Waals surface area contributed by atoms with E-state index in [1.165, 1.54) is 0 Å². The van der Waals surface area contributed by atoms with Gasteiger partial charge in [-0.05, 0) is 50.0 Å². The monoisotopic (exact) mass is 401 g/mol. The Bertz CT molecular complexity index is 663. The molecule has 1 aliphatic heterocycles. The van der Waals surface area contributed by atoms with Gasteiger partial charge in [0.1, 0.15) is 19.1 Å². The summed E-state index contributed by atoms with van der Waals surface area (Å²) in [5, 5.41) is 3.12. The Morgan fingerprint density at radius 3 is 2.38 bits per heavy atom. The summed E-state index contributed by atoms with van der Waals surface area (Å²) >= 11 is 0. The highest BCUT2D eigenvalue weighted by Gasteiger charge is 2.33. The average Bonchev–Trinajstić information content (AvgIpc) is 2.73. The second kappa shape index (κ2) is 10.1. The highest BCUT2D eigenvalue weighted by Crippen LogP contribution is 2.28. The molecule has 1 aliphatic carbocycles. The minimum Gasteiger partial charge on any atom is -0.344 e. The van der Waals surface area contributed by atoms with E-state index in [1.54, 1.807) is 0 Å². The van der Waals surface area contributed by atoms with E-state index in [9.17, 15) is 9.59 Å². The zero-order valence-electron chi connectivity index (χ0n) is 18.2. The number of H-pyrrole nitrogens is 1. The number of hydrogen-bond acceptors (Lipinski definition) is 3. The molecule has 2 heterocycles. The summed E-state index contributed by atoms with van der Waals surface area (Å²) in [6, 6.07) is 5.64. The Kier molecular flexibility index (Phi) is 7.51. The van der Waals surface area contributed by atoms with Crippen molar-refractivity contribution >= 4 is 17.6 Å². The Labute approximate surface area is 175 Å². The Morgan fingerprint density at radius 1 is 1.10 bits per heavy atom. The van der Waals surface area contributed by atoms with Gasteiger partial charge in [0.15, 0.2) is 0 Å². The van der Waals surface area contributed by atoms with Crippen LogP contribution in [-0.2, 0) is 9.59 Å². The molecule has 0 unspecified atom stereocenters. The molecule has 1 aromatic rings. The molecule has 160 valence electrons. The number of piperazine rings is 1. The van der Waals surface area contributed by atoms with Crippen LogP contribution in [0.3, 0.4) is 0 Å². The molecular formula is C23H37N4O2+. The largest absolute Gasteiger partial charge is 0.344 e. The third-order valence-corrected chi connectivity index (χ3v) is 6.33. The molecule has 2 aliphatic rings. The van der Waals surface area contributed by atoms with Gasteiger partial charge in [0.25, 0.3) is 5.82 Å². The summed E-state index contributed by atoms with van der Waals surface area (Å²) in [5.41, 5.74) is 0. The lowest BCUT2D eigenvalue weighted by molar-refractivity contribution is -0.364. The predicted molar refractivity (Wildman–Crippen MR) is 114 cm³/mol. The minimum atomic E-state index is -0.406. The van der Waals surface area contributed by atoms with E-state index >= 15 is 0 Å². The van der Waals surface area contributed by atoms with Gasteiger partial charge < -0.3 is 10.2 Å². The van der Waals surface area contributed by atoms with Crippen LogP contribution in [0.25, 0.3) is 0 Å². The molecule has 2 fully saturated rings. The van der Waals surface area contributed by atoms with E-state index in [4.69, 9.17) is 0 Å². The maximum Gasteiger partial charge on any atom is 0.274 e. The highest BCUT2D eigenvalue weighted by atomic mass is 16.2. The average molecular weight is 402 g/mol. The van der Waals surface area contributed by atoms with Gasteiger partial charge in [-0.3, -0.25) is 14.5 Å². The SMILES string of the molecule is CC(C)C[C@H](NC(=O)C1CCC(C)CC1)C(=O)N1CCN(c2cccc[nH+]2)CC1. The quantitative estimate of drug-likeness (QED) is 0.796. The fraction of sp³-hybridized carbons (Fsp3) is 0.696. The number of carbonyl (C=O) groups is 2.